The lowest BCUT2D eigenvalue weighted by molar-refractivity contribution is -0.119. The Balaban J connectivity index is 1.66. The fourth-order valence-electron chi connectivity index (χ4n) is 3.69. The molecular weight excluding hydrogens is 390 g/mol. The molecule has 0 fully saturated rings. The largest absolute Gasteiger partial charge is 0.462 e. The highest BCUT2D eigenvalue weighted by Crippen LogP contribution is 2.28. The van der Waals surface area contributed by atoms with Gasteiger partial charge in [-0.1, -0.05) is 18.2 Å². The fourth-order valence-corrected chi connectivity index (χ4v) is 4.72. The van der Waals surface area contributed by atoms with E-state index in [1.165, 1.54) is 10.9 Å². The third kappa shape index (κ3) is 3.44. The summed E-state index contributed by atoms with van der Waals surface area (Å²) in [6, 6.07) is 7.84. The lowest BCUT2D eigenvalue weighted by Crippen LogP contribution is -2.39. The van der Waals surface area contributed by atoms with Crippen LogP contribution in [0, 0.1) is 6.92 Å². The van der Waals surface area contributed by atoms with E-state index >= 15 is 0 Å². The number of para-hydroxylation sites is 1. The molecule has 0 bridgehead atoms. The Hall–Kier alpha value is -3.00. The van der Waals surface area contributed by atoms with Crippen LogP contribution < -0.4 is 10.5 Å². The molecule has 0 radical (unpaired) electrons. The van der Waals surface area contributed by atoms with Gasteiger partial charge in [0.2, 0.25) is 5.91 Å². The monoisotopic (exact) mass is 411 g/mol. The zero-order chi connectivity index (χ0) is 20.5. The summed E-state index contributed by atoms with van der Waals surface area (Å²) < 4.78 is 6.38. The molecule has 0 aliphatic carbocycles. The molecule has 2 aromatic heterocycles. The number of benzene rings is 1. The van der Waals surface area contributed by atoms with Crippen molar-refractivity contribution in [3.05, 3.63) is 57.0 Å². The molecule has 1 aliphatic heterocycles. The van der Waals surface area contributed by atoms with Gasteiger partial charge in [0.05, 0.1) is 18.3 Å². The molecule has 1 aliphatic rings. The van der Waals surface area contributed by atoms with E-state index in [0.29, 0.717) is 27.2 Å². The van der Waals surface area contributed by atoms with E-state index in [9.17, 15) is 14.4 Å². The zero-order valence-corrected chi connectivity index (χ0v) is 17.1. The summed E-state index contributed by atoms with van der Waals surface area (Å²) in [5.74, 6) is -0.612. The highest BCUT2D eigenvalue weighted by atomic mass is 32.1. The number of carbonyl (C=O) groups excluding carboxylic acids is 2. The van der Waals surface area contributed by atoms with E-state index < -0.39 is 5.97 Å². The Morgan fingerprint density at radius 1 is 1.28 bits per heavy atom. The maximum Gasteiger partial charge on any atom is 0.348 e. The molecule has 7 nitrogen and oxygen atoms in total. The van der Waals surface area contributed by atoms with Gasteiger partial charge in [-0.25, -0.2) is 9.78 Å². The van der Waals surface area contributed by atoms with Crippen molar-refractivity contribution in [2.24, 2.45) is 0 Å². The predicted octanol–water partition coefficient (Wildman–Crippen LogP) is 2.92. The number of aryl methyl sites for hydroxylation is 2. The van der Waals surface area contributed by atoms with Crippen molar-refractivity contribution >= 4 is 39.1 Å². The Kier molecular flexibility index (Phi) is 5.19. The number of fused-ring (bicyclic) bond motifs is 2. The SMILES string of the molecule is CCOC(=O)c1sc2ncn(CC(=O)N3CCCc4ccccc43)c(=O)c2c1C. The number of rotatable bonds is 4. The van der Waals surface area contributed by atoms with E-state index in [0.717, 1.165) is 35.4 Å². The number of anilines is 1. The number of nitrogens with zero attached hydrogens (tertiary/aromatic N) is 3. The standard InChI is InChI=1S/C21H21N3O4S/c1-3-28-21(27)18-13(2)17-19(29-18)22-12-23(20(17)26)11-16(25)24-10-6-8-14-7-4-5-9-15(14)24/h4-5,7,9,12H,3,6,8,10-11H2,1-2H3. The molecule has 0 saturated carbocycles. The van der Waals surface area contributed by atoms with Gasteiger partial charge in [-0.3, -0.25) is 14.2 Å². The van der Waals surface area contributed by atoms with Crippen LogP contribution in [-0.2, 0) is 22.5 Å². The number of esters is 1. The fraction of sp³-hybridized carbons (Fsp3) is 0.333. The molecular formula is C21H21N3O4S. The highest BCUT2D eigenvalue weighted by molar-refractivity contribution is 7.20. The molecule has 0 atom stereocenters. The maximum atomic E-state index is 13.0. The van der Waals surface area contributed by atoms with E-state index in [1.54, 1.807) is 18.7 Å². The van der Waals surface area contributed by atoms with Crippen LogP contribution in [0.2, 0.25) is 0 Å². The normalized spacial score (nSPS) is 13.4. The number of aromatic nitrogens is 2. The summed E-state index contributed by atoms with van der Waals surface area (Å²) >= 11 is 1.14. The number of hydrogen-bond acceptors (Lipinski definition) is 6. The van der Waals surface area contributed by atoms with Crippen molar-refractivity contribution in [1.29, 1.82) is 0 Å². The van der Waals surface area contributed by atoms with Crippen molar-refractivity contribution < 1.29 is 14.3 Å². The summed E-state index contributed by atoms with van der Waals surface area (Å²) in [5, 5.41) is 0.368. The lowest BCUT2D eigenvalue weighted by Gasteiger charge is -2.29. The van der Waals surface area contributed by atoms with Crippen molar-refractivity contribution in [3.63, 3.8) is 0 Å². The second kappa shape index (κ2) is 7.79. The predicted molar refractivity (Wildman–Crippen MR) is 112 cm³/mol. The molecule has 4 rings (SSSR count). The minimum Gasteiger partial charge on any atom is -0.462 e. The Bertz CT molecular complexity index is 1160. The first-order valence-corrected chi connectivity index (χ1v) is 10.4. The third-order valence-corrected chi connectivity index (χ3v) is 6.27. The Morgan fingerprint density at radius 2 is 2.07 bits per heavy atom. The average molecular weight is 411 g/mol. The number of thiophene rings is 1. The Morgan fingerprint density at radius 3 is 2.86 bits per heavy atom. The Labute approximate surface area is 171 Å². The number of amides is 1. The molecule has 0 N–H and O–H groups in total. The van der Waals surface area contributed by atoms with Crippen LogP contribution in [0.15, 0.2) is 35.4 Å². The van der Waals surface area contributed by atoms with Gasteiger partial charge in [0.1, 0.15) is 16.3 Å². The van der Waals surface area contributed by atoms with Gasteiger partial charge in [-0.2, -0.15) is 0 Å². The summed E-state index contributed by atoms with van der Waals surface area (Å²) in [6.07, 6.45) is 3.21. The highest BCUT2D eigenvalue weighted by Gasteiger charge is 2.24. The molecule has 3 aromatic rings. The molecule has 1 amide bonds. The van der Waals surface area contributed by atoms with Crippen LogP contribution in [0.25, 0.3) is 10.2 Å². The van der Waals surface area contributed by atoms with Gasteiger partial charge in [0, 0.05) is 12.2 Å². The molecule has 0 spiro atoms. The van der Waals surface area contributed by atoms with Gasteiger partial charge in [0.25, 0.3) is 5.56 Å². The lowest BCUT2D eigenvalue weighted by atomic mass is 10.0. The second-order valence-electron chi connectivity index (χ2n) is 6.91. The average Bonchev–Trinajstić information content (AvgIpc) is 3.07. The van der Waals surface area contributed by atoms with Gasteiger partial charge >= 0.3 is 5.97 Å². The summed E-state index contributed by atoms with van der Waals surface area (Å²) in [5.41, 5.74) is 2.27. The van der Waals surface area contributed by atoms with E-state index in [1.807, 2.05) is 24.3 Å². The first kappa shape index (κ1) is 19.3. The molecule has 29 heavy (non-hydrogen) atoms. The van der Waals surface area contributed by atoms with Crippen LogP contribution in [0.3, 0.4) is 0 Å². The summed E-state index contributed by atoms with van der Waals surface area (Å²) in [4.78, 5) is 45.0. The molecule has 8 heteroatoms. The minimum absolute atomic E-state index is 0.0971. The molecule has 0 saturated heterocycles. The van der Waals surface area contributed by atoms with Gasteiger partial charge in [-0.05, 0) is 43.9 Å². The van der Waals surface area contributed by atoms with Gasteiger partial charge in [-0.15, -0.1) is 11.3 Å². The first-order valence-electron chi connectivity index (χ1n) is 9.55. The van der Waals surface area contributed by atoms with Crippen LogP contribution in [-0.4, -0.2) is 34.6 Å². The van der Waals surface area contributed by atoms with Crippen LogP contribution >= 0.6 is 11.3 Å². The first-order chi connectivity index (χ1) is 14.0. The maximum absolute atomic E-state index is 13.0. The second-order valence-corrected chi connectivity index (χ2v) is 7.91. The zero-order valence-electron chi connectivity index (χ0n) is 16.3. The molecule has 0 unspecified atom stereocenters. The molecule has 1 aromatic carbocycles. The van der Waals surface area contributed by atoms with Crippen molar-refractivity contribution in [2.45, 2.75) is 33.2 Å². The van der Waals surface area contributed by atoms with E-state index in [4.69, 9.17) is 4.74 Å². The van der Waals surface area contributed by atoms with E-state index in [-0.39, 0.29) is 24.6 Å². The van der Waals surface area contributed by atoms with Crippen LogP contribution in [0.5, 0.6) is 0 Å². The third-order valence-electron chi connectivity index (χ3n) is 5.10. The van der Waals surface area contributed by atoms with Gasteiger partial charge < -0.3 is 9.64 Å². The van der Waals surface area contributed by atoms with E-state index in [2.05, 4.69) is 4.98 Å². The number of carbonyl (C=O) groups is 2. The minimum atomic E-state index is -0.458. The van der Waals surface area contributed by atoms with Gasteiger partial charge in [0.15, 0.2) is 0 Å². The van der Waals surface area contributed by atoms with Crippen LogP contribution in [0.4, 0.5) is 5.69 Å². The van der Waals surface area contributed by atoms with Crippen molar-refractivity contribution in [2.75, 3.05) is 18.1 Å². The summed E-state index contributed by atoms with van der Waals surface area (Å²) in [7, 11) is 0. The number of hydrogen-bond donors (Lipinski definition) is 0. The summed E-state index contributed by atoms with van der Waals surface area (Å²) in [6.45, 7) is 4.23. The smallest absolute Gasteiger partial charge is 0.348 e. The van der Waals surface area contributed by atoms with Crippen LogP contribution in [0.1, 0.15) is 34.1 Å². The topological polar surface area (TPSA) is 81.5 Å². The quantitative estimate of drug-likeness (QED) is 0.617. The van der Waals surface area contributed by atoms with Crippen molar-refractivity contribution in [1.82, 2.24) is 9.55 Å². The number of ether oxygens (including phenoxy) is 1. The molecule has 150 valence electrons. The molecule has 3 heterocycles. The van der Waals surface area contributed by atoms with Crippen molar-refractivity contribution in [3.8, 4) is 0 Å².